The largest absolute Gasteiger partial charge is 0.479 e. The van der Waals surface area contributed by atoms with Crippen LogP contribution in [0.3, 0.4) is 0 Å². The van der Waals surface area contributed by atoms with Gasteiger partial charge < -0.3 is 15.2 Å². The number of rotatable bonds is 4. The van der Waals surface area contributed by atoms with Gasteiger partial charge >= 0.3 is 11.9 Å². The summed E-state index contributed by atoms with van der Waals surface area (Å²) in [6, 6.07) is -1.65. The number of carbonyl (C=O) groups is 3. The summed E-state index contributed by atoms with van der Waals surface area (Å²) in [5, 5.41) is 10.9. The first-order chi connectivity index (χ1) is 7.20. The van der Waals surface area contributed by atoms with Crippen molar-refractivity contribution in [2.45, 2.75) is 33.7 Å². The average Bonchev–Trinajstić information content (AvgIpc) is 2.11. The zero-order valence-electron chi connectivity index (χ0n) is 9.86. The van der Waals surface area contributed by atoms with Crippen molar-refractivity contribution in [1.29, 1.82) is 0 Å². The quantitative estimate of drug-likeness (QED) is 0.531. The second kappa shape index (κ2) is 5.48. The number of hydrogen-bond donors (Lipinski definition) is 2. The molecular weight excluding hydrogens is 214 g/mol. The van der Waals surface area contributed by atoms with E-state index in [1.807, 2.05) is 0 Å². The normalized spacial score (nSPS) is 12.8. The Kier molecular flexibility index (Phi) is 4.94. The highest BCUT2D eigenvalue weighted by Gasteiger charge is 2.33. The predicted molar refractivity (Wildman–Crippen MR) is 55.7 cm³/mol. The van der Waals surface area contributed by atoms with Gasteiger partial charge in [-0.05, 0) is 6.92 Å². The maximum atomic E-state index is 11.5. The molecule has 0 radical (unpaired) electrons. The van der Waals surface area contributed by atoms with Gasteiger partial charge in [-0.3, -0.25) is 4.79 Å². The smallest absolute Gasteiger partial charge is 0.340 e. The number of ether oxygens (including phenoxy) is 1. The average molecular weight is 231 g/mol. The van der Waals surface area contributed by atoms with E-state index in [1.165, 1.54) is 0 Å². The lowest BCUT2D eigenvalue weighted by molar-refractivity contribution is -0.157. The Bertz CT molecular complexity index is 292. The van der Waals surface area contributed by atoms with E-state index >= 15 is 0 Å². The van der Waals surface area contributed by atoms with Crippen molar-refractivity contribution in [3.63, 3.8) is 0 Å². The van der Waals surface area contributed by atoms with Gasteiger partial charge in [0, 0.05) is 5.41 Å². The third kappa shape index (κ3) is 4.29. The molecule has 0 aromatic heterocycles. The lowest BCUT2D eigenvalue weighted by atomic mass is 9.95. The highest BCUT2D eigenvalue weighted by atomic mass is 16.5. The van der Waals surface area contributed by atoms with Crippen LogP contribution in [0.5, 0.6) is 0 Å². The molecule has 0 aromatic rings. The molecular formula is C10H17NO5. The van der Waals surface area contributed by atoms with Crippen LogP contribution in [0.2, 0.25) is 0 Å². The minimum absolute atomic E-state index is 0.0635. The fourth-order valence-electron chi connectivity index (χ4n) is 0.795. The number of carbonyl (C=O) groups excluding carboxylic acids is 2. The number of carboxylic acid groups (broad SMARTS) is 1. The Morgan fingerprint density at radius 1 is 1.31 bits per heavy atom. The summed E-state index contributed by atoms with van der Waals surface area (Å²) in [7, 11) is 0. The molecule has 0 aliphatic rings. The van der Waals surface area contributed by atoms with Crippen molar-refractivity contribution in [3.8, 4) is 0 Å². The van der Waals surface area contributed by atoms with Crippen molar-refractivity contribution >= 4 is 17.8 Å². The lowest BCUT2D eigenvalue weighted by Gasteiger charge is -2.20. The Balaban J connectivity index is 4.65. The first kappa shape index (κ1) is 14.4. The second-order valence-corrected chi connectivity index (χ2v) is 4.25. The van der Waals surface area contributed by atoms with Crippen LogP contribution in [0, 0.1) is 5.41 Å². The van der Waals surface area contributed by atoms with Crippen LogP contribution in [-0.4, -0.2) is 35.6 Å². The third-order valence-electron chi connectivity index (χ3n) is 1.73. The van der Waals surface area contributed by atoms with Crippen molar-refractivity contribution in [2.24, 2.45) is 5.41 Å². The van der Waals surface area contributed by atoms with Gasteiger partial charge in [0.25, 0.3) is 0 Å². The molecule has 0 spiro atoms. The van der Waals surface area contributed by atoms with E-state index in [-0.39, 0.29) is 6.61 Å². The molecule has 0 rings (SSSR count). The van der Waals surface area contributed by atoms with Gasteiger partial charge in [-0.1, -0.05) is 20.8 Å². The molecule has 0 aliphatic heterocycles. The van der Waals surface area contributed by atoms with E-state index in [0.29, 0.717) is 0 Å². The molecule has 2 N–H and O–H groups in total. The molecule has 1 unspecified atom stereocenters. The van der Waals surface area contributed by atoms with Crippen molar-refractivity contribution < 1.29 is 24.2 Å². The summed E-state index contributed by atoms with van der Waals surface area (Å²) in [6.07, 6.45) is 0. The van der Waals surface area contributed by atoms with Gasteiger partial charge in [0.05, 0.1) is 6.61 Å². The van der Waals surface area contributed by atoms with E-state index < -0.39 is 29.3 Å². The van der Waals surface area contributed by atoms with Crippen LogP contribution in [0.15, 0.2) is 0 Å². The molecule has 0 fully saturated rings. The molecule has 1 amide bonds. The van der Waals surface area contributed by atoms with Crippen molar-refractivity contribution in [1.82, 2.24) is 5.32 Å². The SMILES string of the molecule is CCOC(=O)C(NC(=O)C(C)(C)C)C(=O)O. The highest BCUT2D eigenvalue weighted by molar-refractivity contribution is 6.02. The number of amides is 1. The Morgan fingerprint density at radius 2 is 1.81 bits per heavy atom. The van der Waals surface area contributed by atoms with Gasteiger partial charge in [0.15, 0.2) is 0 Å². The number of esters is 1. The highest BCUT2D eigenvalue weighted by Crippen LogP contribution is 2.13. The van der Waals surface area contributed by atoms with Gasteiger partial charge in [-0.2, -0.15) is 0 Å². The van der Waals surface area contributed by atoms with Crippen LogP contribution in [0.25, 0.3) is 0 Å². The first-order valence-corrected chi connectivity index (χ1v) is 4.90. The molecule has 0 saturated carbocycles. The van der Waals surface area contributed by atoms with Crippen LogP contribution in [0.4, 0.5) is 0 Å². The Morgan fingerprint density at radius 3 is 2.12 bits per heavy atom. The van der Waals surface area contributed by atoms with E-state index in [1.54, 1.807) is 27.7 Å². The van der Waals surface area contributed by atoms with Crippen LogP contribution < -0.4 is 5.32 Å². The fraction of sp³-hybridized carbons (Fsp3) is 0.700. The number of aliphatic carboxylic acids is 1. The van der Waals surface area contributed by atoms with Crippen molar-refractivity contribution in [2.75, 3.05) is 6.61 Å². The summed E-state index contributed by atoms with van der Waals surface area (Å²) >= 11 is 0. The van der Waals surface area contributed by atoms with Crippen LogP contribution in [-0.2, 0) is 19.1 Å². The molecule has 0 aromatic carbocycles. The molecule has 6 nitrogen and oxygen atoms in total. The zero-order chi connectivity index (χ0) is 12.9. The summed E-state index contributed by atoms with van der Waals surface area (Å²) in [5.41, 5.74) is -0.764. The molecule has 92 valence electrons. The molecule has 6 heteroatoms. The minimum atomic E-state index is -1.65. The van der Waals surface area contributed by atoms with Crippen molar-refractivity contribution in [3.05, 3.63) is 0 Å². The summed E-state index contributed by atoms with van der Waals surface area (Å²) in [4.78, 5) is 33.5. The number of hydrogen-bond acceptors (Lipinski definition) is 4. The van der Waals surface area contributed by atoms with E-state index in [2.05, 4.69) is 10.1 Å². The van der Waals surface area contributed by atoms with Gasteiger partial charge in [0.1, 0.15) is 0 Å². The topological polar surface area (TPSA) is 92.7 Å². The van der Waals surface area contributed by atoms with E-state index in [0.717, 1.165) is 0 Å². The molecule has 0 heterocycles. The Labute approximate surface area is 94.0 Å². The summed E-state index contributed by atoms with van der Waals surface area (Å²) < 4.78 is 4.54. The maximum absolute atomic E-state index is 11.5. The van der Waals surface area contributed by atoms with Gasteiger partial charge in [-0.25, -0.2) is 9.59 Å². The summed E-state index contributed by atoms with van der Waals surface area (Å²) in [5.74, 6) is -2.92. The van der Waals surface area contributed by atoms with E-state index in [4.69, 9.17) is 5.11 Å². The molecule has 0 aliphatic carbocycles. The van der Waals surface area contributed by atoms with Gasteiger partial charge in [-0.15, -0.1) is 0 Å². The van der Waals surface area contributed by atoms with Crippen LogP contribution >= 0.6 is 0 Å². The first-order valence-electron chi connectivity index (χ1n) is 4.90. The second-order valence-electron chi connectivity index (χ2n) is 4.25. The lowest BCUT2D eigenvalue weighted by Crippen LogP contribution is -2.50. The molecule has 16 heavy (non-hydrogen) atoms. The molecule has 0 bridgehead atoms. The zero-order valence-corrected chi connectivity index (χ0v) is 9.86. The Hall–Kier alpha value is -1.59. The molecule has 0 saturated heterocycles. The predicted octanol–water partition coefficient (Wildman–Crippen LogP) is 0.165. The minimum Gasteiger partial charge on any atom is -0.479 e. The number of nitrogens with one attached hydrogen (secondary N) is 1. The maximum Gasteiger partial charge on any atom is 0.340 e. The molecule has 1 atom stereocenters. The summed E-state index contributed by atoms with van der Waals surface area (Å²) in [6.45, 7) is 6.47. The monoisotopic (exact) mass is 231 g/mol. The van der Waals surface area contributed by atoms with Crippen LogP contribution in [0.1, 0.15) is 27.7 Å². The van der Waals surface area contributed by atoms with E-state index in [9.17, 15) is 14.4 Å². The number of carboxylic acids is 1. The fourth-order valence-corrected chi connectivity index (χ4v) is 0.795. The standard InChI is InChI=1S/C10H17NO5/c1-5-16-8(14)6(7(12)13)11-9(15)10(2,3)4/h6H,5H2,1-4H3,(H,11,15)(H,12,13). The third-order valence-corrected chi connectivity index (χ3v) is 1.73. The van der Waals surface area contributed by atoms with Gasteiger partial charge in [0.2, 0.25) is 11.9 Å².